The average Bonchev–Trinajstić information content (AvgIpc) is 3.33. The monoisotopic (exact) mass is 407 g/mol. The van der Waals surface area contributed by atoms with Crippen molar-refractivity contribution in [3.63, 3.8) is 0 Å². The first-order valence-corrected chi connectivity index (χ1v) is 10.5. The summed E-state index contributed by atoms with van der Waals surface area (Å²) in [5, 5.41) is 4.18. The number of fused-ring (bicyclic) bond motifs is 7. The quantitative estimate of drug-likeness (QED) is 0.540. The Morgan fingerprint density at radius 2 is 1.71 bits per heavy atom. The van der Waals surface area contributed by atoms with Crippen molar-refractivity contribution in [2.75, 3.05) is 0 Å². The minimum Gasteiger partial charge on any atom is -0.356 e. The Morgan fingerprint density at radius 1 is 0.968 bits per heavy atom. The van der Waals surface area contributed by atoms with Crippen LogP contribution in [0.25, 0.3) is 10.9 Å². The molecule has 3 aromatic carbocycles. The van der Waals surface area contributed by atoms with Crippen molar-refractivity contribution in [1.82, 2.24) is 15.2 Å². The first-order chi connectivity index (χ1) is 15.2. The third-order valence-corrected chi connectivity index (χ3v) is 6.46. The van der Waals surface area contributed by atoms with E-state index < -0.39 is 6.04 Å². The van der Waals surface area contributed by atoms with E-state index in [4.69, 9.17) is 0 Å². The van der Waals surface area contributed by atoms with Crippen LogP contribution < -0.4 is 5.32 Å². The number of benzene rings is 3. The predicted octanol–water partition coefficient (Wildman–Crippen LogP) is 3.95. The van der Waals surface area contributed by atoms with Crippen molar-refractivity contribution in [2.24, 2.45) is 0 Å². The second kappa shape index (κ2) is 6.84. The molecule has 6 rings (SSSR count). The van der Waals surface area contributed by atoms with Crippen molar-refractivity contribution in [1.29, 1.82) is 0 Å². The summed E-state index contributed by atoms with van der Waals surface area (Å²) in [6, 6.07) is 24.8. The normalized spacial score (nSPS) is 19.1. The second-order valence-corrected chi connectivity index (χ2v) is 8.19. The SMILES string of the molecule is O=C(NCc1ccccc1)C1Cc2c([nH]c3ccccc23)C2c3ccccc3C(=O)N12. The number of aromatic nitrogens is 1. The van der Waals surface area contributed by atoms with Gasteiger partial charge in [-0.1, -0.05) is 66.7 Å². The van der Waals surface area contributed by atoms with E-state index in [1.54, 1.807) is 4.90 Å². The molecule has 152 valence electrons. The molecule has 2 N–H and O–H groups in total. The summed E-state index contributed by atoms with van der Waals surface area (Å²) in [5.74, 6) is -0.198. The zero-order valence-electron chi connectivity index (χ0n) is 16.8. The van der Waals surface area contributed by atoms with Crippen LogP contribution in [0.3, 0.4) is 0 Å². The molecule has 5 heteroatoms. The van der Waals surface area contributed by atoms with E-state index in [-0.39, 0.29) is 17.9 Å². The molecule has 2 aliphatic rings. The van der Waals surface area contributed by atoms with E-state index in [1.165, 1.54) is 0 Å². The number of aromatic amines is 1. The fourth-order valence-electron chi connectivity index (χ4n) is 5.04. The van der Waals surface area contributed by atoms with Gasteiger partial charge in [0.2, 0.25) is 5.91 Å². The molecule has 0 spiro atoms. The van der Waals surface area contributed by atoms with Crippen LogP contribution in [-0.4, -0.2) is 27.7 Å². The van der Waals surface area contributed by atoms with Gasteiger partial charge in [-0.25, -0.2) is 0 Å². The number of hydrogen-bond acceptors (Lipinski definition) is 2. The highest BCUT2D eigenvalue weighted by Gasteiger charge is 2.48. The lowest BCUT2D eigenvalue weighted by Crippen LogP contribution is -2.52. The van der Waals surface area contributed by atoms with E-state index in [2.05, 4.69) is 16.4 Å². The Bertz CT molecular complexity index is 1330. The van der Waals surface area contributed by atoms with Crippen LogP contribution in [0.5, 0.6) is 0 Å². The van der Waals surface area contributed by atoms with Gasteiger partial charge in [0.1, 0.15) is 6.04 Å². The molecular weight excluding hydrogens is 386 g/mol. The number of hydrogen-bond donors (Lipinski definition) is 2. The Hall–Kier alpha value is -3.86. The lowest BCUT2D eigenvalue weighted by atomic mass is 9.90. The third-order valence-electron chi connectivity index (χ3n) is 6.46. The molecule has 0 bridgehead atoms. The molecule has 2 amide bonds. The molecule has 0 fully saturated rings. The number of H-pyrrole nitrogens is 1. The van der Waals surface area contributed by atoms with Gasteiger partial charge in [-0.05, 0) is 28.8 Å². The molecular formula is C26H21N3O2. The van der Waals surface area contributed by atoms with Gasteiger partial charge in [-0.15, -0.1) is 0 Å². The third kappa shape index (κ3) is 2.70. The zero-order chi connectivity index (χ0) is 20.9. The Balaban J connectivity index is 1.43. The standard InChI is InChI=1S/C26H21N3O2/c30-25(27-15-16-8-2-1-3-9-16)22-14-20-17-10-6-7-13-21(17)28-23(20)24-18-11-4-5-12-19(18)26(31)29(22)24/h1-13,22,24,28H,14-15H2,(H,27,30). The number of para-hydroxylation sites is 1. The van der Waals surface area contributed by atoms with Crippen LogP contribution in [-0.2, 0) is 17.8 Å². The number of amides is 2. The van der Waals surface area contributed by atoms with Gasteiger partial charge < -0.3 is 15.2 Å². The van der Waals surface area contributed by atoms with Crippen LogP contribution >= 0.6 is 0 Å². The predicted molar refractivity (Wildman–Crippen MR) is 119 cm³/mol. The summed E-state index contributed by atoms with van der Waals surface area (Å²) in [4.78, 5) is 32.0. The van der Waals surface area contributed by atoms with Crippen LogP contribution in [0.15, 0.2) is 78.9 Å². The van der Waals surface area contributed by atoms with Gasteiger partial charge >= 0.3 is 0 Å². The first-order valence-electron chi connectivity index (χ1n) is 10.5. The van der Waals surface area contributed by atoms with Crippen molar-refractivity contribution in [2.45, 2.75) is 25.0 Å². The van der Waals surface area contributed by atoms with Gasteiger partial charge in [0.05, 0.1) is 6.04 Å². The molecule has 4 aromatic rings. The van der Waals surface area contributed by atoms with Crippen molar-refractivity contribution in [3.05, 3.63) is 107 Å². The molecule has 2 atom stereocenters. The zero-order valence-corrected chi connectivity index (χ0v) is 16.8. The molecule has 0 saturated heterocycles. The number of nitrogens with one attached hydrogen (secondary N) is 2. The molecule has 0 saturated carbocycles. The van der Waals surface area contributed by atoms with Gasteiger partial charge in [0.15, 0.2) is 0 Å². The highest BCUT2D eigenvalue weighted by molar-refractivity contribution is 6.03. The maximum Gasteiger partial charge on any atom is 0.255 e. The van der Waals surface area contributed by atoms with E-state index >= 15 is 0 Å². The highest BCUT2D eigenvalue weighted by atomic mass is 16.2. The van der Waals surface area contributed by atoms with E-state index in [1.807, 2.05) is 72.8 Å². The maximum absolute atomic E-state index is 13.4. The second-order valence-electron chi connectivity index (χ2n) is 8.19. The molecule has 31 heavy (non-hydrogen) atoms. The fraction of sp³-hybridized carbons (Fsp3) is 0.154. The number of nitrogens with zero attached hydrogens (tertiary/aromatic N) is 1. The lowest BCUT2D eigenvalue weighted by molar-refractivity contribution is -0.126. The van der Waals surface area contributed by atoms with Crippen molar-refractivity contribution >= 4 is 22.7 Å². The fourth-order valence-corrected chi connectivity index (χ4v) is 5.04. The summed E-state index contributed by atoms with van der Waals surface area (Å²) in [5.41, 5.74) is 5.86. The Labute approximate surface area is 179 Å². The lowest BCUT2D eigenvalue weighted by Gasteiger charge is -2.37. The van der Waals surface area contributed by atoms with Gasteiger partial charge in [0.25, 0.3) is 5.91 Å². The summed E-state index contributed by atoms with van der Waals surface area (Å²) >= 11 is 0. The van der Waals surface area contributed by atoms with E-state index in [9.17, 15) is 9.59 Å². The van der Waals surface area contributed by atoms with E-state index in [0.717, 1.165) is 33.3 Å². The average molecular weight is 407 g/mol. The maximum atomic E-state index is 13.4. The molecule has 2 unspecified atom stereocenters. The molecule has 2 aliphatic heterocycles. The molecule has 0 radical (unpaired) electrons. The molecule has 1 aromatic heterocycles. The minimum absolute atomic E-state index is 0.0789. The van der Waals surface area contributed by atoms with Crippen molar-refractivity contribution < 1.29 is 9.59 Å². The van der Waals surface area contributed by atoms with Crippen LogP contribution in [0.4, 0.5) is 0 Å². The molecule has 5 nitrogen and oxygen atoms in total. The largest absolute Gasteiger partial charge is 0.356 e. The van der Waals surface area contributed by atoms with Gasteiger partial charge in [0, 0.05) is 35.1 Å². The van der Waals surface area contributed by atoms with Crippen LogP contribution in [0.1, 0.15) is 38.8 Å². The topological polar surface area (TPSA) is 65.2 Å². The van der Waals surface area contributed by atoms with Crippen LogP contribution in [0, 0.1) is 0 Å². The first kappa shape index (κ1) is 18.0. The van der Waals surface area contributed by atoms with Crippen molar-refractivity contribution in [3.8, 4) is 0 Å². The summed E-state index contributed by atoms with van der Waals surface area (Å²) in [6.45, 7) is 0.441. The van der Waals surface area contributed by atoms with Gasteiger partial charge in [-0.3, -0.25) is 9.59 Å². The Morgan fingerprint density at radius 3 is 2.58 bits per heavy atom. The summed E-state index contributed by atoms with van der Waals surface area (Å²) < 4.78 is 0. The highest BCUT2D eigenvalue weighted by Crippen LogP contribution is 2.46. The molecule has 3 heterocycles. The van der Waals surface area contributed by atoms with E-state index in [0.29, 0.717) is 18.5 Å². The minimum atomic E-state index is -0.555. The smallest absolute Gasteiger partial charge is 0.255 e. The van der Waals surface area contributed by atoms with Crippen LogP contribution in [0.2, 0.25) is 0 Å². The number of carbonyl (C=O) groups excluding carboxylic acids is 2. The number of rotatable bonds is 3. The Kier molecular flexibility index (Phi) is 3.96. The molecule has 0 aliphatic carbocycles. The summed E-state index contributed by atoms with van der Waals surface area (Å²) in [6.07, 6.45) is 0.496. The summed E-state index contributed by atoms with van der Waals surface area (Å²) in [7, 11) is 0. The van der Waals surface area contributed by atoms with Gasteiger partial charge in [-0.2, -0.15) is 0 Å². The number of carbonyl (C=O) groups is 2.